The number of carbonyl (C=O) groups excluding carboxylic acids is 2. The van der Waals surface area contributed by atoms with Crippen molar-refractivity contribution in [2.24, 2.45) is 0 Å². The van der Waals surface area contributed by atoms with E-state index in [0.29, 0.717) is 19.5 Å². The average Bonchev–Trinajstić information content (AvgIpc) is 2.77. The first-order valence-corrected chi connectivity index (χ1v) is 12.8. The quantitative estimate of drug-likeness (QED) is 0.616. The minimum absolute atomic E-state index is 0.0114. The van der Waals surface area contributed by atoms with E-state index < -0.39 is 10.0 Å². The molecule has 1 aliphatic heterocycles. The van der Waals surface area contributed by atoms with Crippen molar-refractivity contribution in [2.75, 3.05) is 18.0 Å². The number of nitrogens with one attached hydrogen (secondary N) is 2. The number of benzene rings is 2. The molecule has 7 nitrogen and oxygen atoms in total. The van der Waals surface area contributed by atoms with Gasteiger partial charge < -0.3 is 10.2 Å². The molecule has 2 aromatic rings. The minimum atomic E-state index is -3.68. The Balaban J connectivity index is 1.48. The lowest BCUT2D eigenvalue weighted by Gasteiger charge is -2.27. The Hall–Kier alpha value is -2.71. The van der Waals surface area contributed by atoms with Crippen LogP contribution in [0.4, 0.5) is 5.69 Å². The van der Waals surface area contributed by atoms with Crippen LogP contribution in [-0.4, -0.2) is 33.3 Å². The number of piperidine rings is 1. The van der Waals surface area contributed by atoms with E-state index in [1.807, 2.05) is 36.4 Å². The van der Waals surface area contributed by atoms with E-state index in [9.17, 15) is 18.0 Å². The summed E-state index contributed by atoms with van der Waals surface area (Å²) in [5, 5.41) is 2.81. The standard InChI is InChI=1S/C25H33N3O4S/c1-25(2,3)20-10-12-22(13-11-20)33(31,32)27-15-14-23(29)26-18-19-7-6-8-21(17-19)28-16-5-4-9-24(28)30/h6-8,10-13,17,27H,4-5,9,14-16,18H2,1-3H3,(H,26,29). The van der Waals surface area contributed by atoms with Crippen LogP contribution in [0.25, 0.3) is 0 Å². The Morgan fingerprint density at radius 3 is 2.45 bits per heavy atom. The Bertz CT molecular complexity index is 1090. The summed E-state index contributed by atoms with van der Waals surface area (Å²) < 4.78 is 27.5. The summed E-state index contributed by atoms with van der Waals surface area (Å²) in [7, 11) is -3.68. The average molecular weight is 472 g/mol. The van der Waals surface area contributed by atoms with E-state index >= 15 is 0 Å². The first-order chi connectivity index (χ1) is 15.6. The van der Waals surface area contributed by atoms with Gasteiger partial charge in [-0.1, -0.05) is 45.0 Å². The fraction of sp³-hybridized carbons (Fsp3) is 0.440. The van der Waals surface area contributed by atoms with Gasteiger partial charge in [0.05, 0.1) is 4.90 Å². The van der Waals surface area contributed by atoms with Gasteiger partial charge in [0, 0.05) is 38.2 Å². The van der Waals surface area contributed by atoms with Gasteiger partial charge in [-0.05, 0) is 53.6 Å². The van der Waals surface area contributed by atoms with Crippen LogP contribution in [0.1, 0.15) is 57.6 Å². The smallest absolute Gasteiger partial charge is 0.240 e. The van der Waals surface area contributed by atoms with Crippen LogP contribution >= 0.6 is 0 Å². The molecule has 1 fully saturated rings. The van der Waals surface area contributed by atoms with Crippen LogP contribution in [0.15, 0.2) is 53.4 Å². The van der Waals surface area contributed by atoms with E-state index in [2.05, 4.69) is 30.8 Å². The predicted octanol–water partition coefficient (Wildman–Crippen LogP) is 3.49. The fourth-order valence-electron chi connectivity index (χ4n) is 3.72. The lowest BCUT2D eigenvalue weighted by Crippen LogP contribution is -2.35. The first-order valence-electron chi connectivity index (χ1n) is 11.3. The third kappa shape index (κ3) is 6.88. The Labute approximate surface area is 196 Å². The highest BCUT2D eigenvalue weighted by molar-refractivity contribution is 7.89. The van der Waals surface area contributed by atoms with Crippen LogP contribution in [0.5, 0.6) is 0 Å². The zero-order chi connectivity index (χ0) is 24.1. The number of nitrogens with zero attached hydrogens (tertiary/aromatic N) is 1. The van der Waals surface area contributed by atoms with Gasteiger partial charge in [0.2, 0.25) is 21.8 Å². The van der Waals surface area contributed by atoms with Gasteiger partial charge in [-0.3, -0.25) is 9.59 Å². The molecule has 0 unspecified atom stereocenters. The zero-order valence-corrected chi connectivity index (χ0v) is 20.4. The van der Waals surface area contributed by atoms with Crippen molar-refractivity contribution in [1.29, 1.82) is 0 Å². The molecular formula is C25H33N3O4S. The Kier molecular flexibility index (Phi) is 7.92. The molecule has 0 aromatic heterocycles. The maximum atomic E-state index is 12.5. The summed E-state index contributed by atoms with van der Waals surface area (Å²) in [5.74, 6) is -0.122. The molecular weight excluding hydrogens is 438 g/mol. The molecule has 1 saturated heterocycles. The molecule has 2 amide bonds. The summed E-state index contributed by atoms with van der Waals surface area (Å²) in [4.78, 5) is 26.3. The van der Waals surface area contributed by atoms with Gasteiger partial charge >= 0.3 is 0 Å². The van der Waals surface area contributed by atoms with Crippen LogP contribution in [0.2, 0.25) is 0 Å². The van der Waals surface area contributed by atoms with Crippen molar-refractivity contribution in [2.45, 2.75) is 63.3 Å². The number of rotatable bonds is 8. The van der Waals surface area contributed by atoms with Crippen LogP contribution in [-0.2, 0) is 31.6 Å². The summed E-state index contributed by atoms with van der Waals surface area (Å²) in [6.45, 7) is 7.24. The number of hydrogen-bond acceptors (Lipinski definition) is 4. The van der Waals surface area contributed by atoms with Gasteiger partial charge in [0.15, 0.2) is 0 Å². The van der Waals surface area contributed by atoms with Gasteiger partial charge in [0.1, 0.15) is 0 Å². The van der Waals surface area contributed by atoms with Crippen molar-refractivity contribution >= 4 is 27.5 Å². The topological polar surface area (TPSA) is 95.6 Å². The second kappa shape index (κ2) is 10.5. The molecule has 0 atom stereocenters. The van der Waals surface area contributed by atoms with Crippen LogP contribution in [0.3, 0.4) is 0 Å². The molecule has 1 heterocycles. The molecule has 178 valence electrons. The van der Waals surface area contributed by atoms with Crippen molar-refractivity contribution in [3.8, 4) is 0 Å². The zero-order valence-electron chi connectivity index (χ0n) is 19.6. The van der Waals surface area contributed by atoms with E-state index in [-0.39, 0.29) is 35.1 Å². The third-order valence-electron chi connectivity index (χ3n) is 5.71. The van der Waals surface area contributed by atoms with Gasteiger partial charge in [-0.15, -0.1) is 0 Å². The number of hydrogen-bond donors (Lipinski definition) is 2. The summed E-state index contributed by atoms with van der Waals surface area (Å²) in [6, 6.07) is 14.4. The number of sulfonamides is 1. The largest absolute Gasteiger partial charge is 0.352 e. The lowest BCUT2D eigenvalue weighted by atomic mass is 9.87. The van der Waals surface area contributed by atoms with Gasteiger partial charge in [-0.2, -0.15) is 0 Å². The molecule has 0 aliphatic carbocycles. The Morgan fingerprint density at radius 1 is 1.06 bits per heavy atom. The summed E-state index contributed by atoms with van der Waals surface area (Å²) in [5.41, 5.74) is 2.72. The lowest BCUT2D eigenvalue weighted by molar-refractivity contribution is -0.121. The summed E-state index contributed by atoms with van der Waals surface area (Å²) in [6.07, 6.45) is 2.52. The molecule has 33 heavy (non-hydrogen) atoms. The fourth-order valence-corrected chi connectivity index (χ4v) is 4.75. The van der Waals surface area contributed by atoms with E-state index in [1.54, 1.807) is 17.0 Å². The molecule has 1 aliphatic rings. The Morgan fingerprint density at radius 2 is 1.79 bits per heavy atom. The SMILES string of the molecule is CC(C)(C)c1ccc(S(=O)(=O)NCCC(=O)NCc2cccc(N3CCCCC3=O)c2)cc1. The predicted molar refractivity (Wildman–Crippen MR) is 129 cm³/mol. The van der Waals surface area contributed by atoms with Crippen molar-refractivity contribution < 1.29 is 18.0 Å². The molecule has 2 N–H and O–H groups in total. The molecule has 0 saturated carbocycles. The van der Waals surface area contributed by atoms with Crippen molar-refractivity contribution in [3.05, 3.63) is 59.7 Å². The molecule has 0 bridgehead atoms. The molecule has 0 radical (unpaired) electrons. The monoisotopic (exact) mass is 471 g/mol. The highest BCUT2D eigenvalue weighted by atomic mass is 32.2. The molecule has 3 rings (SSSR count). The summed E-state index contributed by atoms with van der Waals surface area (Å²) >= 11 is 0. The van der Waals surface area contributed by atoms with Crippen LogP contribution < -0.4 is 14.9 Å². The maximum absolute atomic E-state index is 12.5. The van der Waals surface area contributed by atoms with Crippen molar-refractivity contribution in [1.82, 2.24) is 10.0 Å². The minimum Gasteiger partial charge on any atom is -0.352 e. The molecule has 8 heteroatoms. The molecule has 2 aromatic carbocycles. The third-order valence-corrected chi connectivity index (χ3v) is 7.19. The van der Waals surface area contributed by atoms with E-state index in [4.69, 9.17) is 0 Å². The maximum Gasteiger partial charge on any atom is 0.240 e. The van der Waals surface area contributed by atoms with E-state index in [0.717, 1.165) is 29.7 Å². The van der Waals surface area contributed by atoms with E-state index in [1.165, 1.54) is 0 Å². The van der Waals surface area contributed by atoms with Gasteiger partial charge in [0.25, 0.3) is 0 Å². The highest BCUT2D eigenvalue weighted by Gasteiger charge is 2.20. The molecule has 0 spiro atoms. The second-order valence-electron chi connectivity index (χ2n) is 9.37. The second-order valence-corrected chi connectivity index (χ2v) is 11.1. The first kappa shape index (κ1) is 24.9. The normalized spacial score (nSPS) is 14.9. The van der Waals surface area contributed by atoms with Crippen LogP contribution in [0, 0.1) is 0 Å². The highest BCUT2D eigenvalue weighted by Crippen LogP contribution is 2.24. The number of amides is 2. The van der Waals surface area contributed by atoms with Gasteiger partial charge in [-0.25, -0.2) is 13.1 Å². The number of anilines is 1. The van der Waals surface area contributed by atoms with Crippen molar-refractivity contribution in [3.63, 3.8) is 0 Å². The number of carbonyl (C=O) groups is 2.